The number of hydrogen-bond acceptors (Lipinski definition) is 1. The lowest BCUT2D eigenvalue weighted by atomic mass is 10.1. The Labute approximate surface area is 106 Å². The summed E-state index contributed by atoms with van der Waals surface area (Å²) in [5.74, 6) is 0. The van der Waals surface area contributed by atoms with Crippen molar-refractivity contribution >= 4 is 22.9 Å². The Morgan fingerprint density at radius 2 is 1.81 bits per heavy atom. The fraction of sp³-hybridized carbons (Fsp3) is 0.286. The number of aryl methyl sites for hydroxylation is 2. The second kappa shape index (κ2) is 5.03. The quantitative estimate of drug-likeness (QED) is 0.677. The average molecular weight is 251 g/mol. The van der Waals surface area contributed by atoms with E-state index in [9.17, 15) is 0 Å². The van der Waals surface area contributed by atoms with Crippen LogP contribution < -0.4 is 0 Å². The van der Waals surface area contributed by atoms with Crippen LogP contribution in [-0.4, -0.2) is 0 Å². The molecule has 0 saturated carbocycles. The van der Waals surface area contributed by atoms with Crippen molar-refractivity contribution in [1.82, 2.24) is 0 Å². The van der Waals surface area contributed by atoms with Gasteiger partial charge in [0.15, 0.2) is 0 Å². The van der Waals surface area contributed by atoms with Crippen LogP contribution in [-0.2, 0) is 6.42 Å². The number of alkyl halides is 1. The maximum Gasteiger partial charge on any atom is 0.0927 e. The van der Waals surface area contributed by atoms with Gasteiger partial charge in [-0.05, 0) is 36.6 Å². The molecule has 0 radical (unpaired) electrons. The van der Waals surface area contributed by atoms with Gasteiger partial charge in [0.1, 0.15) is 0 Å². The van der Waals surface area contributed by atoms with Gasteiger partial charge in [-0.25, -0.2) is 0 Å². The number of thiophene rings is 1. The van der Waals surface area contributed by atoms with Crippen molar-refractivity contribution in [3.63, 3.8) is 0 Å². The van der Waals surface area contributed by atoms with Crippen LogP contribution in [0.2, 0.25) is 0 Å². The van der Waals surface area contributed by atoms with Crippen molar-refractivity contribution in [2.45, 2.75) is 25.6 Å². The molecule has 0 N–H and O–H groups in total. The Morgan fingerprint density at radius 3 is 2.31 bits per heavy atom. The van der Waals surface area contributed by atoms with Crippen molar-refractivity contribution in [3.05, 3.63) is 57.3 Å². The highest BCUT2D eigenvalue weighted by atomic mass is 35.5. The van der Waals surface area contributed by atoms with Crippen LogP contribution in [0.25, 0.3) is 0 Å². The van der Waals surface area contributed by atoms with Gasteiger partial charge < -0.3 is 0 Å². The number of halogens is 1. The zero-order valence-electron chi connectivity index (χ0n) is 9.53. The van der Waals surface area contributed by atoms with Gasteiger partial charge in [0.05, 0.1) is 5.38 Å². The van der Waals surface area contributed by atoms with Crippen LogP contribution >= 0.6 is 22.9 Å². The summed E-state index contributed by atoms with van der Waals surface area (Å²) in [6.45, 7) is 4.27. The van der Waals surface area contributed by atoms with Crippen molar-refractivity contribution in [1.29, 1.82) is 0 Å². The average Bonchev–Trinajstić information content (AvgIpc) is 2.75. The molecule has 1 aromatic carbocycles. The second-order valence-corrected chi connectivity index (χ2v) is 5.66. The van der Waals surface area contributed by atoms with Gasteiger partial charge in [0, 0.05) is 9.75 Å². The SMILES string of the molecule is CCc1ccc(C(Cl)c2ccc(C)s2)cc1. The summed E-state index contributed by atoms with van der Waals surface area (Å²) in [5, 5.41) is -0.00962. The Morgan fingerprint density at radius 1 is 1.12 bits per heavy atom. The first kappa shape index (κ1) is 11.7. The molecular weight excluding hydrogens is 236 g/mol. The second-order valence-electron chi connectivity index (χ2n) is 3.91. The van der Waals surface area contributed by atoms with Crippen molar-refractivity contribution in [2.24, 2.45) is 0 Å². The topological polar surface area (TPSA) is 0 Å². The highest BCUT2D eigenvalue weighted by Gasteiger charge is 2.12. The van der Waals surface area contributed by atoms with Crippen LogP contribution in [0, 0.1) is 6.92 Å². The van der Waals surface area contributed by atoms with E-state index in [2.05, 4.69) is 50.2 Å². The minimum absolute atomic E-state index is 0.00962. The zero-order chi connectivity index (χ0) is 11.5. The molecule has 0 aliphatic heterocycles. The van der Waals surface area contributed by atoms with E-state index in [0.717, 1.165) is 6.42 Å². The smallest absolute Gasteiger partial charge is 0.0927 e. The molecule has 1 heterocycles. The highest BCUT2D eigenvalue weighted by Crippen LogP contribution is 2.33. The van der Waals surface area contributed by atoms with Crippen LogP contribution in [0.4, 0.5) is 0 Å². The third-order valence-electron chi connectivity index (χ3n) is 2.69. The van der Waals surface area contributed by atoms with Gasteiger partial charge in [-0.3, -0.25) is 0 Å². The van der Waals surface area contributed by atoms with E-state index < -0.39 is 0 Å². The van der Waals surface area contributed by atoms with Gasteiger partial charge >= 0.3 is 0 Å². The minimum atomic E-state index is -0.00962. The molecule has 0 aliphatic rings. The lowest BCUT2D eigenvalue weighted by molar-refractivity contribution is 1.11. The van der Waals surface area contributed by atoms with E-state index in [1.807, 2.05) is 0 Å². The summed E-state index contributed by atoms with van der Waals surface area (Å²) in [7, 11) is 0. The molecule has 0 fully saturated rings. The molecule has 2 heteroatoms. The zero-order valence-corrected chi connectivity index (χ0v) is 11.1. The monoisotopic (exact) mass is 250 g/mol. The lowest BCUT2D eigenvalue weighted by Gasteiger charge is -2.08. The van der Waals surface area contributed by atoms with E-state index in [1.54, 1.807) is 11.3 Å². The molecule has 1 aromatic heterocycles. The standard InChI is InChI=1S/C14H15ClS/c1-3-11-5-7-12(8-6-11)14(15)13-9-4-10(2)16-13/h4-9,14H,3H2,1-2H3. The van der Waals surface area contributed by atoms with Crippen LogP contribution in [0.15, 0.2) is 36.4 Å². The molecule has 1 atom stereocenters. The van der Waals surface area contributed by atoms with Crippen molar-refractivity contribution in [3.8, 4) is 0 Å². The van der Waals surface area contributed by atoms with E-state index in [0.29, 0.717) is 0 Å². The van der Waals surface area contributed by atoms with E-state index >= 15 is 0 Å². The molecule has 0 nitrogen and oxygen atoms in total. The van der Waals surface area contributed by atoms with Gasteiger partial charge in [-0.1, -0.05) is 31.2 Å². The maximum atomic E-state index is 6.45. The molecule has 0 amide bonds. The summed E-state index contributed by atoms with van der Waals surface area (Å²) in [6.07, 6.45) is 1.07. The molecule has 84 valence electrons. The molecular formula is C14H15ClS. The maximum absolute atomic E-state index is 6.45. The van der Waals surface area contributed by atoms with Crippen LogP contribution in [0.1, 0.15) is 33.2 Å². The first-order valence-corrected chi connectivity index (χ1v) is 6.75. The predicted octanol–water partition coefficient (Wildman–Crippen LogP) is 4.95. The number of rotatable bonds is 3. The summed E-state index contributed by atoms with van der Waals surface area (Å²) in [4.78, 5) is 2.54. The van der Waals surface area contributed by atoms with Gasteiger partial charge in [-0.2, -0.15) is 0 Å². The van der Waals surface area contributed by atoms with Crippen LogP contribution in [0.3, 0.4) is 0 Å². The Balaban J connectivity index is 2.23. The predicted molar refractivity (Wildman–Crippen MR) is 72.6 cm³/mol. The van der Waals surface area contributed by atoms with Gasteiger partial charge in [-0.15, -0.1) is 22.9 Å². The fourth-order valence-electron chi connectivity index (χ4n) is 1.68. The van der Waals surface area contributed by atoms with Gasteiger partial charge in [0.25, 0.3) is 0 Å². The third kappa shape index (κ3) is 2.47. The normalized spacial score (nSPS) is 12.7. The highest BCUT2D eigenvalue weighted by molar-refractivity contribution is 7.12. The lowest BCUT2D eigenvalue weighted by Crippen LogP contribution is -1.90. The minimum Gasteiger partial charge on any atom is -0.144 e. The first-order chi connectivity index (χ1) is 7.70. The van der Waals surface area contributed by atoms with E-state index in [-0.39, 0.29) is 5.38 Å². The molecule has 1 unspecified atom stereocenters. The third-order valence-corrected chi connectivity index (χ3v) is 4.37. The van der Waals surface area contributed by atoms with Crippen molar-refractivity contribution in [2.75, 3.05) is 0 Å². The molecule has 0 aliphatic carbocycles. The molecule has 16 heavy (non-hydrogen) atoms. The summed E-state index contributed by atoms with van der Waals surface area (Å²) >= 11 is 8.22. The van der Waals surface area contributed by atoms with E-state index in [1.165, 1.54) is 20.9 Å². The molecule has 2 aromatic rings. The van der Waals surface area contributed by atoms with Crippen LogP contribution in [0.5, 0.6) is 0 Å². The summed E-state index contributed by atoms with van der Waals surface area (Å²) < 4.78 is 0. The van der Waals surface area contributed by atoms with E-state index in [4.69, 9.17) is 11.6 Å². The Hall–Kier alpha value is -0.790. The van der Waals surface area contributed by atoms with Gasteiger partial charge in [0.2, 0.25) is 0 Å². The molecule has 0 saturated heterocycles. The molecule has 2 rings (SSSR count). The molecule has 0 spiro atoms. The summed E-state index contributed by atoms with van der Waals surface area (Å²) in [6, 6.07) is 12.8. The number of benzene rings is 1. The first-order valence-electron chi connectivity index (χ1n) is 5.50. The fourth-order valence-corrected chi connectivity index (χ4v) is 2.91. The summed E-state index contributed by atoms with van der Waals surface area (Å²) in [5.41, 5.74) is 2.54. The Kier molecular flexibility index (Phi) is 3.67. The number of hydrogen-bond donors (Lipinski definition) is 0. The molecule has 0 bridgehead atoms. The largest absolute Gasteiger partial charge is 0.144 e. The van der Waals surface area contributed by atoms with Crippen molar-refractivity contribution < 1.29 is 0 Å². The Bertz CT molecular complexity index is 456.